The normalized spacial score (nSPS) is 10.9. The number of hydrogen-bond acceptors (Lipinski definition) is 4. The van der Waals surface area contributed by atoms with Crippen LogP contribution in [0.4, 0.5) is 0 Å². The lowest BCUT2D eigenvalue weighted by Gasteiger charge is -2.10. The van der Waals surface area contributed by atoms with Crippen molar-refractivity contribution in [1.29, 1.82) is 0 Å². The van der Waals surface area contributed by atoms with Crippen molar-refractivity contribution in [3.05, 3.63) is 59.7 Å². The second-order valence-electron chi connectivity index (χ2n) is 4.97. The van der Waals surface area contributed by atoms with Gasteiger partial charge in [-0.3, -0.25) is 0 Å². The van der Waals surface area contributed by atoms with Crippen LogP contribution in [0.1, 0.15) is 11.1 Å². The standard InChI is InChI=1S/C17H14O4/c18-12-4-2-11-3-6-15(19)14(13(11)9-12)7-10-1-5-16(20)17(21)8-10/h1-6,8-9,18-21H,7H2. The van der Waals surface area contributed by atoms with Gasteiger partial charge in [0.05, 0.1) is 0 Å². The molecule has 3 aromatic rings. The highest BCUT2D eigenvalue weighted by Crippen LogP contribution is 2.33. The first-order valence-corrected chi connectivity index (χ1v) is 6.49. The highest BCUT2D eigenvalue weighted by Gasteiger charge is 2.10. The van der Waals surface area contributed by atoms with E-state index in [0.717, 1.165) is 16.3 Å². The minimum absolute atomic E-state index is 0.126. The van der Waals surface area contributed by atoms with Gasteiger partial charge in [0.25, 0.3) is 0 Å². The van der Waals surface area contributed by atoms with Crippen molar-refractivity contribution in [2.75, 3.05) is 0 Å². The Hall–Kier alpha value is -2.88. The molecule has 106 valence electrons. The molecule has 3 rings (SSSR count). The maximum Gasteiger partial charge on any atom is 0.157 e. The number of aromatic hydroxyl groups is 4. The van der Waals surface area contributed by atoms with E-state index in [0.29, 0.717) is 12.0 Å². The van der Waals surface area contributed by atoms with Crippen molar-refractivity contribution in [1.82, 2.24) is 0 Å². The van der Waals surface area contributed by atoms with Gasteiger partial charge in [-0.2, -0.15) is 0 Å². The average Bonchev–Trinajstić information content (AvgIpc) is 2.46. The van der Waals surface area contributed by atoms with Crippen LogP contribution in [0.2, 0.25) is 0 Å². The Labute approximate surface area is 121 Å². The molecule has 0 fully saturated rings. The Morgan fingerprint density at radius 2 is 1.38 bits per heavy atom. The van der Waals surface area contributed by atoms with Crippen molar-refractivity contribution in [2.45, 2.75) is 6.42 Å². The quantitative estimate of drug-likeness (QED) is 0.544. The van der Waals surface area contributed by atoms with Crippen LogP contribution in [-0.4, -0.2) is 20.4 Å². The molecule has 0 atom stereocenters. The third kappa shape index (κ3) is 2.43. The molecule has 0 aliphatic heterocycles. The van der Waals surface area contributed by atoms with Gasteiger partial charge in [0, 0.05) is 12.0 Å². The van der Waals surface area contributed by atoms with Gasteiger partial charge in [0.2, 0.25) is 0 Å². The Balaban J connectivity index is 2.12. The molecule has 0 aromatic heterocycles. The number of rotatable bonds is 2. The summed E-state index contributed by atoms with van der Waals surface area (Å²) in [5.74, 6) is -0.128. The van der Waals surface area contributed by atoms with E-state index < -0.39 is 0 Å². The minimum atomic E-state index is -0.199. The first kappa shape index (κ1) is 13.1. The SMILES string of the molecule is Oc1ccc2ccc(O)c(Cc3ccc(O)c(O)c3)c2c1. The third-order valence-corrected chi connectivity index (χ3v) is 3.51. The molecule has 0 aliphatic rings. The molecular formula is C17H14O4. The van der Waals surface area contributed by atoms with Gasteiger partial charge in [-0.25, -0.2) is 0 Å². The van der Waals surface area contributed by atoms with Crippen LogP contribution in [0.15, 0.2) is 48.5 Å². The predicted octanol–water partition coefficient (Wildman–Crippen LogP) is 3.25. The first-order chi connectivity index (χ1) is 10.0. The summed E-state index contributed by atoms with van der Waals surface area (Å²) in [6.45, 7) is 0. The summed E-state index contributed by atoms with van der Waals surface area (Å²) in [4.78, 5) is 0. The highest BCUT2D eigenvalue weighted by molar-refractivity contribution is 5.89. The fourth-order valence-corrected chi connectivity index (χ4v) is 2.43. The van der Waals surface area contributed by atoms with Gasteiger partial charge in [-0.15, -0.1) is 0 Å². The number of hydrogen-bond donors (Lipinski definition) is 4. The summed E-state index contributed by atoms with van der Waals surface area (Å²) >= 11 is 0. The molecule has 0 radical (unpaired) electrons. The van der Waals surface area contributed by atoms with E-state index in [4.69, 9.17) is 0 Å². The monoisotopic (exact) mass is 282 g/mol. The van der Waals surface area contributed by atoms with Crippen molar-refractivity contribution < 1.29 is 20.4 Å². The van der Waals surface area contributed by atoms with E-state index in [9.17, 15) is 20.4 Å². The number of phenolic OH excluding ortho intramolecular Hbond substituents is 4. The smallest absolute Gasteiger partial charge is 0.157 e. The molecule has 4 nitrogen and oxygen atoms in total. The number of phenols is 4. The summed E-state index contributed by atoms with van der Waals surface area (Å²) in [5, 5.41) is 40.3. The lowest BCUT2D eigenvalue weighted by molar-refractivity contribution is 0.403. The first-order valence-electron chi connectivity index (χ1n) is 6.49. The molecule has 0 saturated heterocycles. The molecule has 0 spiro atoms. The lowest BCUT2D eigenvalue weighted by Crippen LogP contribution is -1.91. The van der Waals surface area contributed by atoms with Gasteiger partial charge >= 0.3 is 0 Å². The summed E-state index contributed by atoms with van der Waals surface area (Å²) in [6, 6.07) is 12.9. The Morgan fingerprint density at radius 1 is 0.667 bits per heavy atom. The van der Waals surface area contributed by atoms with Crippen molar-refractivity contribution in [3.63, 3.8) is 0 Å². The molecule has 4 heteroatoms. The zero-order valence-corrected chi connectivity index (χ0v) is 11.1. The molecular weight excluding hydrogens is 268 g/mol. The maximum atomic E-state index is 10.1. The van der Waals surface area contributed by atoms with Crippen LogP contribution in [0.3, 0.4) is 0 Å². The van der Waals surface area contributed by atoms with Crippen molar-refractivity contribution in [2.24, 2.45) is 0 Å². The van der Waals surface area contributed by atoms with Crippen LogP contribution in [0.5, 0.6) is 23.0 Å². The molecule has 0 aliphatic carbocycles. The van der Waals surface area contributed by atoms with Gasteiger partial charge in [-0.05, 0) is 46.7 Å². The summed E-state index contributed by atoms with van der Waals surface area (Å²) < 4.78 is 0. The van der Waals surface area contributed by atoms with Gasteiger partial charge < -0.3 is 20.4 Å². The van der Waals surface area contributed by atoms with Crippen LogP contribution >= 0.6 is 0 Å². The molecule has 21 heavy (non-hydrogen) atoms. The fraction of sp³-hybridized carbons (Fsp3) is 0.0588. The topological polar surface area (TPSA) is 80.9 Å². The molecule has 0 saturated carbocycles. The van der Waals surface area contributed by atoms with Crippen molar-refractivity contribution >= 4 is 10.8 Å². The van der Waals surface area contributed by atoms with Gasteiger partial charge in [0.1, 0.15) is 11.5 Å². The Morgan fingerprint density at radius 3 is 2.14 bits per heavy atom. The largest absolute Gasteiger partial charge is 0.508 e. The molecule has 4 N–H and O–H groups in total. The summed E-state index contributed by atoms with van der Waals surface area (Å²) in [7, 11) is 0. The van der Waals surface area contributed by atoms with E-state index in [-0.39, 0.29) is 23.0 Å². The number of fused-ring (bicyclic) bond motifs is 1. The Bertz CT molecular complexity index is 819. The lowest BCUT2D eigenvalue weighted by atomic mass is 9.97. The fourth-order valence-electron chi connectivity index (χ4n) is 2.43. The van der Waals surface area contributed by atoms with E-state index in [1.54, 1.807) is 36.4 Å². The highest BCUT2D eigenvalue weighted by atomic mass is 16.3. The second kappa shape index (κ2) is 4.90. The van der Waals surface area contributed by atoms with Crippen LogP contribution < -0.4 is 0 Å². The van der Waals surface area contributed by atoms with Gasteiger partial charge in [0.15, 0.2) is 11.5 Å². The number of benzene rings is 3. The molecule has 0 bridgehead atoms. The molecule has 0 unspecified atom stereocenters. The second-order valence-corrected chi connectivity index (χ2v) is 4.97. The molecule has 3 aromatic carbocycles. The van der Waals surface area contributed by atoms with Crippen LogP contribution in [-0.2, 0) is 6.42 Å². The van der Waals surface area contributed by atoms with E-state index in [2.05, 4.69) is 0 Å². The van der Waals surface area contributed by atoms with Crippen LogP contribution in [0.25, 0.3) is 10.8 Å². The third-order valence-electron chi connectivity index (χ3n) is 3.51. The maximum absolute atomic E-state index is 10.1. The summed E-state index contributed by atoms with van der Waals surface area (Å²) in [6.07, 6.45) is 0.375. The van der Waals surface area contributed by atoms with Crippen molar-refractivity contribution in [3.8, 4) is 23.0 Å². The molecule has 0 amide bonds. The van der Waals surface area contributed by atoms with E-state index in [1.807, 2.05) is 0 Å². The van der Waals surface area contributed by atoms with Gasteiger partial charge in [-0.1, -0.05) is 18.2 Å². The minimum Gasteiger partial charge on any atom is -0.508 e. The van der Waals surface area contributed by atoms with E-state index >= 15 is 0 Å². The predicted molar refractivity (Wildman–Crippen MR) is 79.9 cm³/mol. The van der Waals surface area contributed by atoms with E-state index in [1.165, 1.54) is 12.1 Å². The zero-order valence-electron chi connectivity index (χ0n) is 11.1. The molecule has 0 heterocycles. The summed E-state index contributed by atoms with van der Waals surface area (Å²) in [5.41, 5.74) is 1.41. The Kier molecular flexibility index (Phi) is 3.06. The average molecular weight is 282 g/mol. The zero-order chi connectivity index (χ0) is 15.0. The van der Waals surface area contributed by atoms with Crippen LogP contribution in [0, 0.1) is 0 Å².